The Kier molecular flexibility index (Phi) is 3.06. The van der Waals surface area contributed by atoms with E-state index >= 15 is 0 Å². The van der Waals surface area contributed by atoms with Crippen molar-refractivity contribution in [1.29, 1.82) is 0 Å². The van der Waals surface area contributed by atoms with Crippen LogP contribution in [0, 0.1) is 11.2 Å². The minimum atomic E-state index is -0.391. The minimum absolute atomic E-state index is 0.247. The molecule has 0 heterocycles. The van der Waals surface area contributed by atoms with E-state index < -0.39 is 5.41 Å². The van der Waals surface area contributed by atoms with E-state index in [2.05, 4.69) is 0 Å². The SMILES string of the molecule is NCC1(Cc2ccc(F)cc2)CCCC1=O. The largest absolute Gasteiger partial charge is 0.329 e. The van der Waals surface area contributed by atoms with E-state index in [-0.39, 0.29) is 11.6 Å². The molecular formula is C13H16FNO. The molecule has 1 unspecified atom stereocenters. The van der Waals surface area contributed by atoms with E-state index in [1.54, 1.807) is 12.1 Å². The summed E-state index contributed by atoms with van der Waals surface area (Å²) in [6.07, 6.45) is 3.07. The van der Waals surface area contributed by atoms with Crippen LogP contribution in [0.15, 0.2) is 24.3 Å². The molecule has 2 nitrogen and oxygen atoms in total. The Bertz CT molecular complexity index is 387. The van der Waals surface area contributed by atoms with Gasteiger partial charge in [0.25, 0.3) is 0 Å². The molecule has 1 saturated carbocycles. The van der Waals surface area contributed by atoms with Crippen molar-refractivity contribution in [1.82, 2.24) is 0 Å². The second-order valence-corrected chi connectivity index (χ2v) is 4.56. The summed E-state index contributed by atoms with van der Waals surface area (Å²) in [4.78, 5) is 11.8. The van der Waals surface area contributed by atoms with Crippen LogP contribution >= 0.6 is 0 Å². The number of nitrogens with two attached hydrogens (primary N) is 1. The van der Waals surface area contributed by atoms with Gasteiger partial charge < -0.3 is 5.73 Å². The Morgan fingerprint density at radius 3 is 2.50 bits per heavy atom. The molecule has 86 valence electrons. The third-order valence-corrected chi connectivity index (χ3v) is 3.50. The van der Waals surface area contributed by atoms with Gasteiger partial charge in [-0.3, -0.25) is 4.79 Å². The summed E-state index contributed by atoms with van der Waals surface area (Å²) in [7, 11) is 0. The standard InChI is InChI=1S/C13H16FNO/c14-11-5-3-10(4-6-11)8-13(9-15)7-1-2-12(13)16/h3-6H,1-2,7-9,15H2. The number of ketones is 1. The second-order valence-electron chi connectivity index (χ2n) is 4.56. The van der Waals surface area contributed by atoms with Gasteiger partial charge in [0.15, 0.2) is 0 Å². The van der Waals surface area contributed by atoms with Crippen LogP contribution in [-0.4, -0.2) is 12.3 Å². The highest BCUT2D eigenvalue weighted by atomic mass is 19.1. The van der Waals surface area contributed by atoms with Crippen LogP contribution in [0.25, 0.3) is 0 Å². The molecule has 0 amide bonds. The first-order valence-corrected chi connectivity index (χ1v) is 5.64. The number of Topliss-reactive ketones (excluding diaryl/α,β-unsaturated/α-hetero) is 1. The van der Waals surface area contributed by atoms with Gasteiger partial charge in [0, 0.05) is 18.4 Å². The maximum atomic E-state index is 12.8. The highest BCUT2D eigenvalue weighted by molar-refractivity contribution is 5.87. The molecule has 0 radical (unpaired) electrons. The van der Waals surface area contributed by atoms with Gasteiger partial charge in [-0.05, 0) is 37.0 Å². The van der Waals surface area contributed by atoms with Crippen molar-refractivity contribution < 1.29 is 9.18 Å². The van der Waals surface area contributed by atoms with Gasteiger partial charge in [0.1, 0.15) is 11.6 Å². The summed E-state index contributed by atoms with van der Waals surface area (Å²) >= 11 is 0. The molecule has 2 N–H and O–H groups in total. The molecule has 1 aromatic carbocycles. The maximum absolute atomic E-state index is 12.8. The Labute approximate surface area is 94.6 Å². The van der Waals surface area contributed by atoms with E-state index in [0.29, 0.717) is 19.4 Å². The summed E-state index contributed by atoms with van der Waals surface area (Å²) in [6.45, 7) is 0.392. The fourth-order valence-corrected chi connectivity index (χ4v) is 2.46. The van der Waals surface area contributed by atoms with Gasteiger partial charge in [-0.1, -0.05) is 12.1 Å². The summed E-state index contributed by atoms with van der Waals surface area (Å²) in [5, 5.41) is 0. The van der Waals surface area contributed by atoms with Gasteiger partial charge in [-0.15, -0.1) is 0 Å². The number of carbonyl (C=O) groups excluding carboxylic acids is 1. The summed E-state index contributed by atoms with van der Waals surface area (Å²) in [6, 6.07) is 6.33. The molecule has 0 aromatic heterocycles. The van der Waals surface area contributed by atoms with Crippen LogP contribution in [-0.2, 0) is 11.2 Å². The van der Waals surface area contributed by atoms with Crippen LogP contribution in [0.5, 0.6) is 0 Å². The lowest BCUT2D eigenvalue weighted by atomic mass is 9.79. The van der Waals surface area contributed by atoms with Crippen molar-refractivity contribution in [2.24, 2.45) is 11.1 Å². The van der Waals surface area contributed by atoms with Crippen molar-refractivity contribution in [3.63, 3.8) is 0 Å². The molecule has 0 saturated heterocycles. The quantitative estimate of drug-likeness (QED) is 0.849. The van der Waals surface area contributed by atoms with E-state index in [0.717, 1.165) is 18.4 Å². The van der Waals surface area contributed by atoms with Gasteiger partial charge in [-0.2, -0.15) is 0 Å². The number of halogens is 1. The van der Waals surface area contributed by atoms with E-state index in [1.807, 2.05) is 0 Å². The van der Waals surface area contributed by atoms with E-state index in [1.165, 1.54) is 12.1 Å². The first kappa shape index (κ1) is 11.3. The normalized spacial score (nSPS) is 25.0. The predicted octanol–water partition coefficient (Wildman–Crippen LogP) is 2.07. The molecule has 16 heavy (non-hydrogen) atoms. The first-order valence-electron chi connectivity index (χ1n) is 5.64. The lowest BCUT2D eigenvalue weighted by molar-refractivity contribution is -0.125. The Morgan fingerprint density at radius 2 is 2.00 bits per heavy atom. The second kappa shape index (κ2) is 4.34. The van der Waals surface area contributed by atoms with Crippen molar-refractivity contribution in [3.05, 3.63) is 35.6 Å². The zero-order valence-corrected chi connectivity index (χ0v) is 9.21. The molecular weight excluding hydrogens is 205 g/mol. The number of hydrogen-bond acceptors (Lipinski definition) is 2. The van der Waals surface area contributed by atoms with Crippen LogP contribution in [0.3, 0.4) is 0 Å². The Balaban J connectivity index is 2.18. The Morgan fingerprint density at radius 1 is 1.31 bits per heavy atom. The highest BCUT2D eigenvalue weighted by Gasteiger charge is 2.40. The average molecular weight is 221 g/mol. The molecule has 1 aromatic rings. The lowest BCUT2D eigenvalue weighted by Crippen LogP contribution is -2.36. The van der Waals surface area contributed by atoms with Gasteiger partial charge >= 0.3 is 0 Å². The molecule has 3 heteroatoms. The molecule has 0 bridgehead atoms. The molecule has 0 aliphatic heterocycles. The van der Waals surface area contributed by atoms with Gasteiger partial charge in [0.05, 0.1) is 0 Å². The van der Waals surface area contributed by atoms with Crippen molar-refractivity contribution >= 4 is 5.78 Å². The summed E-state index contributed by atoms with van der Waals surface area (Å²) < 4.78 is 12.8. The van der Waals surface area contributed by atoms with Crippen LogP contribution in [0.4, 0.5) is 4.39 Å². The Hall–Kier alpha value is -1.22. The monoisotopic (exact) mass is 221 g/mol. The average Bonchev–Trinajstić information content (AvgIpc) is 2.64. The van der Waals surface area contributed by atoms with Crippen LogP contribution in [0.2, 0.25) is 0 Å². The summed E-state index contributed by atoms with van der Waals surface area (Å²) in [5.74, 6) is 0.0163. The molecule has 1 atom stereocenters. The van der Waals surface area contributed by atoms with Crippen molar-refractivity contribution in [2.45, 2.75) is 25.7 Å². The molecule has 1 fully saturated rings. The van der Waals surface area contributed by atoms with E-state index in [9.17, 15) is 9.18 Å². The third-order valence-electron chi connectivity index (χ3n) is 3.50. The fraction of sp³-hybridized carbons (Fsp3) is 0.462. The molecule has 2 rings (SSSR count). The topological polar surface area (TPSA) is 43.1 Å². The lowest BCUT2D eigenvalue weighted by Gasteiger charge is -2.25. The van der Waals surface area contributed by atoms with Gasteiger partial charge in [0.2, 0.25) is 0 Å². The zero-order valence-electron chi connectivity index (χ0n) is 9.21. The fourth-order valence-electron chi connectivity index (χ4n) is 2.46. The molecule has 1 aliphatic carbocycles. The van der Waals surface area contributed by atoms with Crippen LogP contribution in [0.1, 0.15) is 24.8 Å². The molecule has 0 spiro atoms. The highest BCUT2D eigenvalue weighted by Crippen LogP contribution is 2.37. The smallest absolute Gasteiger partial charge is 0.140 e. The zero-order chi connectivity index (χ0) is 11.6. The number of carbonyl (C=O) groups is 1. The number of hydrogen-bond donors (Lipinski definition) is 1. The summed E-state index contributed by atoms with van der Waals surface area (Å²) in [5.41, 5.74) is 6.34. The van der Waals surface area contributed by atoms with Crippen molar-refractivity contribution in [2.75, 3.05) is 6.54 Å². The first-order chi connectivity index (χ1) is 7.66. The van der Waals surface area contributed by atoms with Gasteiger partial charge in [-0.25, -0.2) is 4.39 Å². The maximum Gasteiger partial charge on any atom is 0.140 e. The number of rotatable bonds is 3. The van der Waals surface area contributed by atoms with Crippen LogP contribution < -0.4 is 5.73 Å². The predicted molar refractivity (Wildman–Crippen MR) is 60.4 cm³/mol. The molecule has 1 aliphatic rings. The minimum Gasteiger partial charge on any atom is -0.329 e. The van der Waals surface area contributed by atoms with Crippen molar-refractivity contribution in [3.8, 4) is 0 Å². The number of benzene rings is 1. The third kappa shape index (κ3) is 2.00. The van der Waals surface area contributed by atoms with E-state index in [4.69, 9.17) is 5.73 Å².